The molecule has 0 spiro atoms. The standard InChI is InChI=1S/C34H36ClN7O3S/c1-20-21(2)46-34-31(20)32(24-8-11-26(35)12-9-24)39-28(33-41-40-22(3)42(33)34)18-30(45)37-16-14-29(44)38-27-13-10-23(25(17-27)19-43)7-5-4-6-15-36/h8-13,17,28,43H,4,6,14-16,18-19,36H2,1-3H3,(H,37,45)(H,38,44)/t28-/m0/s1. The highest BCUT2D eigenvalue weighted by molar-refractivity contribution is 7.15. The number of amides is 2. The van der Waals surface area contributed by atoms with Crippen LogP contribution in [0.1, 0.15) is 76.1 Å². The van der Waals surface area contributed by atoms with Gasteiger partial charge in [-0.05, 0) is 75.2 Å². The Morgan fingerprint density at radius 3 is 2.63 bits per heavy atom. The van der Waals surface area contributed by atoms with Crippen LogP contribution in [0, 0.1) is 32.6 Å². The largest absolute Gasteiger partial charge is 0.392 e. The van der Waals surface area contributed by atoms with Crippen molar-refractivity contribution in [3.8, 4) is 16.8 Å². The van der Waals surface area contributed by atoms with E-state index in [-0.39, 0.29) is 37.8 Å². The van der Waals surface area contributed by atoms with Gasteiger partial charge in [0.15, 0.2) is 5.82 Å². The topological polar surface area (TPSA) is 148 Å². The van der Waals surface area contributed by atoms with Crippen LogP contribution in [0.15, 0.2) is 47.5 Å². The molecule has 46 heavy (non-hydrogen) atoms. The number of aliphatic hydroxyl groups is 1. The minimum Gasteiger partial charge on any atom is -0.392 e. The third-order valence-electron chi connectivity index (χ3n) is 7.70. The number of fused-ring (bicyclic) bond motifs is 3. The van der Waals surface area contributed by atoms with Gasteiger partial charge in [-0.3, -0.25) is 19.1 Å². The smallest absolute Gasteiger partial charge is 0.226 e. The highest BCUT2D eigenvalue weighted by Gasteiger charge is 2.32. The highest BCUT2D eigenvalue weighted by Crippen LogP contribution is 2.39. The number of nitrogens with two attached hydrogens (primary N) is 1. The molecule has 10 nitrogen and oxygen atoms in total. The Balaban J connectivity index is 1.27. The summed E-state index contributed by atoms with van der Waals surface area (Å²) < 4.78 is 2.00. The van der Waals surface area contributed by atoms with Crippen LogP contribution in [0.2, 0.25) is 5.02 Å². The predicted octanol–water partition coefficient (Wildman–Crippen LogP) is 4.92. The third kappa shape index (κ3) is 7.37. The van der Waals surface area contributed by atoms with E-state index < -0.39 is 6.04 Å². The Morgan fingerprint density at radius 1 is 1.11 bits per heavy atom. The first-order valence-corrected chi connectivity index (χ1v) is 16.2. The van der Waals surface area contributed by atoms with E-state index in [1.165, 1.54) is 0 Å². The van der Waals surface area contributed by atoms with Crippen molar-refractivity contribution in [2.24, 2.45) is 10.7 Å². The third-order valence-corrected chi connectivity index (χ3v) is 9.14. The summed E-state index contributed by atoms with van der Waals surface area (Å²) in [5.41, 5.74) is 11.1. The highest BCUT2D eigenvalue weighted by atomic mass is 35.5. The van der Waals surface area contributed by atoms with E-state index in [9.17, 15) is 14.7 Å². The van der Waals surface area contributed by atoms with Crippen molar-refractivity contribution in [3.63, 3.8) is 0 Å². The number of aliphatic imine (C=N–C) groups is 1. The average molecular weight is 658 g/mol. The zero-order chi connectivity index (χ0) is 32.8. The summed E-state index contributed by atoms with van der Waals surface area (Å²) in [5.74, 6) is 6.86. The van der Waals surface area contributed by atoms with Gasteiger partial charge in [0.2, 0.25) is 11.8 Å². The lowest BCUT2D eigenvalue weighted by Gasteiger charge is -2.13. The van der Waals surface area contributed by atoms with Gasteiger partial charge in [0.1, 0.15) is 16.9 Å². The molecule has 1 atom stereocenters. The molecule has 238 valence electrons. The Bertz CT molecular complexity index is 1850. The van der Waals surface area contributed by atoms with Crippen LogP contribution < -0.4 is 16.4 Å². The van der Waals surface area contributed by atoms with Gasteiger partial charge in [-0.25, -0.2) is 0 Å². The molecule has 2 aromatic heterocycles. The molecule has 3 heterocycles. The number of nitrogens with one attached hydrogen (secondary N) is 2. The van der Waals surface area contributed by atoms with Gasteiger partial charge in [0.25, 0.3) is 0 Å². The molecule has 0 saturated heterocycles. The van der Waals surface area contributed by atoms with Crippen molar-refractivity contribution in [2.75, 3.05) is 18.4 Å². The molecule has 1 aliphatic rings. The number of hydrogen-bond donors (Lipinski definition) is 4. The Morgan fingerprint density at radius 2 is 1.89 bits per heavy atom. The summed E-state index contributed by atoms with van der Waals surface area (Å²) in [6, 6.07) is 12.1. The van der Waals surface area contributed by atoms with Crippen molar-refractivity contribution >= 4 is 46.2 Å². The molecule has 4 aromatic rings. The normalized spacial score (nSPS) is 13.5. The number of nitrogens with zero attached hydrogens (tertiary/aromatic N) is 4. The Hall–Kier alpha value is -4.34. The number of rotatable bonds is 10. The van der Waals surface area contributed by atoms with Crippen LogP contribution in [0.4, 0.5) is 5.69 Å². The number of aromatic nitrogens is 3. The van der Waals surface area contributed by atoms with Crippen molar-refractivity contribution in [1.29, 1.82) is 0 Å². The Labute approximate surface area is 277 Å². The summed E-state index contributed by atoms with van der Waals surface area (Å²) >= 11 is 7.84. The molecule has 0 saturated carbocycles. The zero-order valence-electron chi connectivity index (χ0n) is 26.0. The molecule has 2 amide bonds. The number of benzene rings is 2. The summed E-state index contributed by atoms with van der Waals surface area (Å²) in [6.07, 6.45) is 1.57. The molecule has 0 bridgehead atoms. The number of hydrogen-bond acceptors (Lipinski definition) is 8. The molecular weight excluding hydrogens is 622 g/mol. The van der Waals surface area contributed by atoms with Crippen molar-refractivity contribution in [3.05, 3.63) is 91.8 Å². The first-order chi connectivity index (χ1) is 22.2. The fourth-order valence-electron chi connectivity index (χ4n) is 5.19. The quantitative estimate of drug-likeness (QED) is 0.141. The average Bonchev–Trinajstić information content (AvgIpc) is 3.51. The molecule has 0 unspecified atom stereocenters. The van der Waals surface area contributed by atoms with Gasteiger partial charge in [0.05, 0.1) is 18.7 Å². The van der Waals surface area contributed by atoms with Crippen molar-refractivity contribution in [1.82, 2.24) is 20.1 Å². The molecule has 0 aliphatic carbocycles. The van der Waals surface area contributed by atoms with Gasteiger partial charge >= 0.3 is 0 Å². The van der Waals surface area contributed by atoms with Crippen LogP contribution in [0.5, 0.6) is 0 Å². The molecule has 2 aromatic carbocycles. The number of halogens is 1. The molecular formula is C34H36ClN7O3S. The van der Waals surface area contributed by atoms with Gasteiger partial charge in [-0.15, -0.1) is 21.5 Å². The van der Waals surface area contributed by atoms with E-state index in [1.54, 1.807) is 29.5 Å². The number of carbonyl (C=O) groups is 2. The maximum absolute atomic E-state index is 13.2. The summed E-state index contributed by atoms with van der Waals surface area (Å²) in [4.78, 5) is 32.2. The van der Waals surface area contributed by atoms with Gasteiger partial charge < -0.3 is 21.5 Å². The fraction of sp³-hybridized carbons (Fsp3) is 0.324. The fourth-order valence-corrected chi connectivity index (χ4v) is 6.53. The monoisotopic (exact) mass is 657 g/mol. The van der Waals surface area contributed by atoms with Crippen LogP contribution >= 0.6 is 22.9 Å². The van der Waals surface area contributed by atoms with E-state index >= 15 is 0 Å². The lowest BCUT2D eigenvalue weighted by atomic mass is 9.99. The molecule has 5 N–H and O–H groups in total. The summed E-state index contributed by atoms with van der Waals surface area (Å²) in [5, 5.41) is 25.8. The van der Waals surface area contributed by atoms with Crippen molar-refractivity contribution in [2.45, 2.75) is 59.1 Å². The number of anilines is 1. The summed E-state index contributed by atoms with van der Waals surface area (Å²) in [6.45, 7) is 6.55. The minimum absolute atomic E-state index is 0.0252. The lowest BCUT2D eigenvalue weighted by molar-refractivity contribution is -0.121. The van der Waals surface area contributed by atoms with Gasteiger partial charge in [-0.2, -0.15) is 0 Å². The van der Waals surface area contributed by atoms with Crippen LogP contribution in [-0.2, 0) is 16.2 Å². The van der Waals surface area contributed by atoms with Crippen molar-refractivity contribution < 1.29 is 14.7 Å². The Kier molecular flexibility index (Phi) is 10.7. The van der Waals surface area contributed by atoms with Gasteiger partial charge in [0, 0.05) is 51.7 Å². The zero-order valence-corrected chi connectivity index (χ0v) is 27.6. The molecule has 0 radical (unpaired) electrons. The van der Waals surface area contributed by atoms with E-state index in [4.69, 9.17) is 22.3 Å². The molecule has 1 aliphatic heterocycles. The number of aryl methyl sites for hydroxylation is 2. The van der Waals surface area contributed by atoms with Gasteiger partial charge in [-0.1, -0.05) is 35.6 Å². The second-order valence-electron chi connectivity index (χ2n) is 11.0. The maximum Gasteiger partial charge on any atom is 0.226 e. The van der Waals surface area contributed by atoms with Crippen LogP contribution in [-0.4, -0.2) is 50.5 Å². The molecule has 5 rings (SSSR count). The predicted molar refractivity (Wildman–Crippen MR) is 182 cm³/mol. The minimum atomic E-state index is -0.603. The maximum atomic E-state index is 13.2. The van der Waals surface area contributed by atoms with Crippen LogP contribution in [0.3, 0.4) is 0 Å². The van der Waals surface area contributed by atoms with E-state index in [0.29, 0.717) is 46.5 Å². The van der Waals surface area contributed by atoms with Crippen LogP contribution in [0.25, 0.3) is 5.00 Å². The van der Waals surface area contributed by atoms with E-state index in [1.807, 2.05) is 35.8 Å². The second-order valence-corrected chi connectivity index (χ2v) is 12.6. The lowest BCUT2D eigenvalue weighted by Crippen LogP contribution is -2.29. The first kappa shape index (κ1) is 33.0. The summed E-state index contributed by atoms with van der Waals surface area (Å²) in [7, 11) is 0. The van der Waals surface area contributed by atoms with E-state index in [2.05, 4.69) is 46.5 Å². The molecule has 12 heteroatoms. The van der Waals surface area contributed by atoms with E-state index in [0.717, 1.165) is 38.7 Å². The number of carbonyl (C=O) groups excluding carboxylic acids is 2. The number of thiophene rings is 1. The second kappa shape index (κ2) is 14.8. The molecule has 0 fully saturated rings. The first-order valence-electron chi connectivity index (χ1n) is 15.1. The number of unbranched alkanes of at least 4 members (excludes halogenated alkanes) is 1. The number of aliphatic hydroxyl groups excluding tert-OH is 1. The SMILES string of the molecule is Cc1sc2c(c1C)C(c1ccc(Cl)cc1)=N[C@@H](CC(=O)NCCC(=O)Nc1ccc(C#CCCCN)c(CO)c1)c1nnc(C)n1-2.